The van der Waals surface area contributed by atoms with E-state index in [4.69, 9.17) is 16.3 Å². The first kappa shape index (κ1) is 19.0. The molecule has 7 heteroatoms. The predicted molar refractivity (Wildman–Crippen MR) is 100 cm³/mol. The van der Waals surface area contributed by atoms with Gasteiger partial charge in [0.25, 0.3) is 5.91 Å². The number of rotatable bonds is 5. The van der Waals surface area contributed by atoms with Gasteiger partial charge in [0.2, 0.25) is 0 Å². The van der Waals surface area contributed by atoms with Crippen LogP contribution in [0, 0.1) is 5.92 Å². The van der Waals surface area contributed by atoms with Crippen LogP contribution in [0.2, 0.25) is 5.02 Å². The minimum Gasteiger partial charge on any atom is -0.496 e. The lowest BCUT2D eigenvalue weighted by Crippen LogP contribution is -2.54. The van der Waals surface area contributed by atoms with Crippen molar-refractivity contribution in [3.05, 3.63) is 28.8 Å². The summed E-state index contributed by atoms with van der Waals surface area (Å²) in [6.07, 6.45) is 3.77. The highest BCUT2D eigenvalue weighted by atomic mass is 35.5. The topological polar surface area (TPSA) is 61.9 Å². The Hall–Kier alpha value is -1.79. The van der Waals surface area contributed by atoms with Gasteiger partial charge < -0.3 is 10.1 Å². The van der Waals surface area contributed by atoms with E-state index in [0.29, 0.717) is 11.6 Å². The normalized spacial score (nSPS) is 25.9. The quantitative estimate of drug-likeness (QED) is 0.798. The summed E-state index contributed by atoms with van der Waals surface area (Å²) in [6.45, 7) is 2.81. The third-order valence-electron chi connectivity index (χ3n) is 5.57. The maximum atomic E-state index is 13.0. The highest BCUT2D eigenvalue weighted by molar-refractivity contribution is 6.30. The number of hydrogen-bond acceptors (Lipinski definition) is 4. The van der Waals surface area contributed by atoms with Crippen LogP contribution in [0.5, 0.6) is 5.75 Å². The summed E-state index contributed by atoms with van der Waals surface area (Å²) in [6, 6.07) is 5.13. The Bertz CT molecular complexity index is 711. The first-order valence-electron chi connectivity index (χ1n) is 9.02. The van der Waals surface area contributed by atoms with E-state index < -0.39 is 5.54 Å². The standard InChI is InChI=1S/C19H26ClN3O3/c1-13-6-4-5-9-19(13)17(24)23(18(25)21-19)12-22(2)11-14-10-15(20)7-8-16(14)26-3/h7-8,10,13H,4-6,9,11-12H2,1-3H3,(H,21,25)/t13-,19-/m0/s1. The van der Waals surface area contributed by atoms with Crippen molar-refractivity contribution >= 4 is 23.5 Å². The maximum absolute atomic E-state index is 13.0. The SMILES string of the molecule is COc1ccc(Cl)cc1CN(C)CN1C(=O)N[C@]2(CCCC[C@@H]2C)C1=O. The van der Waals surface area contributed by atoms with Crippen LogP contribution in [0.3, 0.4) is 0 Å². The zero-order valence-corrected chi connectivity index (χ0v) is 16.3. The van der Waals surface area contributed by atoms with E-state index in [-0.39, 0.29) is 24.5 Å². The number of ether oxygens (including phenoxy) is 1. The van der Waals surface area contributed by atoms with Gasteiger partial charge in [0.15, 0.2) is 0 Å². The molecule has 1 aromatic carbocycles. The third kappa shape index (κ3) is 3.40. The molecule has 6 nitrogen and oxygen atoms in total. The number of hydrogen-bond donors (Lipinski definition) is 1. The van der Waals surface area contributed by atoms with Crippen molar-refractivity contribution in [3.63, 3.8) is 0 Å². The molecule has 1 aliphatic heterocycles. The summed E-state index contributed by atoms with van der Waals surface area (Å²) < 4.78 is 5.37. The number of carbonyl (C=O) groups is 2. The smallest absolute Gasteiger partial charge is 0.326 e. The molecule has 1 aromatic rings. The van der Waals surface area contributed by atoms with Crippen molar-refractivity contribution in [2.24, 2.45) is 5.92 Å². The van der Waals surface area contributed by atoms with Gasteiger partial charge in [-0.1, -0.05) is 31.4 Å². The molecule has 2 fully saturated rings. The number of carbonyl (C=O) groups excluding carboxylic acids is 2. The summed E-state index contributed by atoms with van der Waals surface area (Å²) in [5.41, 5.74) is 0.194. The Labute approximate surface area is 159 Å². The molecule has 0 unspecified atom stereocenters. The number of nitrogens with one attached hydrogen (secondary N) is 1. The number of benzene rings is 1. The summed E-state index contributed by atoms with van der Waals surface area (Å²) in [7, 11) is 3.48. The van der Waals surface area contributed by atoms with Crippen LogP contribution < -0.4 is 10.1 Å². The first-order valence-corrected chi connectivity index (χ1v) is 9.40. The number of urea groups is 1. The fraction of sp³-hybridized carbons (Fsp3) is 0.579. The minimum atomic E-state index is -0.718. The second-order valence-electron chi connectivity index (χ2n) is 7.39. The lowest BCUT2D eigenvalue weighted by molar-refractivity contribution is -0.135. The molecule has 0 aromatic heterocycles. The summed E-state index contributed by atoms with van der Waals surface area (Å²) in [5.74, 6) is 0.798. The highest BCUT2D eigenvalue weighted by Gasteiger charge is 2.54. The van der Waals surface area contributed by atoms with Gasteiger partial charge in [-0.3, -0.25) is 9.69 Å². The molecule has 2 atom stereocenters. The number of imide groups is 1. The summed E-state index contributed by atoms with van der Waals surface area (Å²) in [4.78, 5) is 28.8. The van der Waals surface area contributed by atoms with E-state index in [0.717, 1.165) is 37.0 Å². The fourth-order valence-electron chi connectivity index (χ4n) is 4.08. The summed E-state index contributed by atoms with van der Waals surface area (Å²) >= 11 is 6.08. The first-order chi connectivity index (χ1) is 12.4. The predicted octanol–water partition coefficient (Wildman–Crippen LogP) is 3.24. The summed E-state index contributed by atoms with van der Waals surface area (Å²) in [5, 5.41) is 3.61. The minimum absolute atomic E-state index is 0.0976. The Morgan fingerprint density at radius 3 is 2.85 bits per heavy atom. The van der Waals surface area contributed by atoms with Gasteiger partial charge in [-0.15, -0.1) is 0 Å². The molecule has 1 heterocycles. The number of methoxy groups -OCH3 is 1. The molecule has 1 spiro atoms. The zero-order chi connectivity index (χ0) is 18.9. The second-order valence-corrected chi connectivity index (χ2v) is 7.83. The number of halogens is 1. The van der Waals surface area contributed by atoms with Crippen LogP contribution in [0.4, 0.5) is 4.79 Å². The van der Waals surface area contributed by atoms with Crippen molar-refractivity contribution in [1.29, 1.82) is 0 Å². The molecular formula is C19H26ClN3O3. The van der Waals surface area contributed by atoms with E-state index in [1.165, 1.54) is 4.90 Å². The average Bonchev–Trinajstić information content (AvgIpc) is 2.83. The zero-order valence-electron chi connectivity index (χ0n) is 15.5. The molecule has 1 N–H and O–H groups in total. The fourth-order valence-corrected chi connectivity index (χ4v) is 4.27. The van der Waals surface area contributed by atoms with Gasteiger partial charge in [0, 0.05) is 17.1 Å². The molecule has 2 aliphatic rings. The molecule has 0 bridgehead atoms. The molecule has 1 aliphatic carbocycles. The van der Waals surface area contributed by atoms with Gasteiger partial charge in [0.05, 0.1) is 13.8 Å². The van der Waals surface area contributed by atoms with E-state index >= 15 is 0 Å². The molecule has 142 valence electrons. The van der Waals surface area contributed by atoms with Gasteiger partial charge in [-0.2, -0.15) is 0 Å². The van der Waals surface area contributed by atoms with Crippen molar-refractivity contribution < 1.29 is 14.3 Å². The molecule has 3 amide bonds. The van der Waals surface area contributed by atoms with Crippen LogP contribution in [0.25, 0.3) is 0 Å². The van der Waals surface area contributed by atoms with E-state index in [1.807, 2.05) is 24.1 Å². The van der Waals surface area contributed by atoms with E-state index in [1.54, 1.807) is 13.2 Å². The number of nitrogens with zero attached hydrogens (tertiary/aromatic N) is 2. The van der Waals surface area contributed by atoms with Gasteiger partial charge in [-0.25, -0.2) is 9.69 Å². The van der Waals surface area contributed by atoms with Crippen molar-refractivity contribution in [2.75, 3.05) is 20.8 Å². The largest absolute Gasteiger partial charge is 0.496 e. The van der Waals surface area contributed by atoms with Crippen LogP contribution in [0.15, 0.2) is 18.2 Å². The van der Waals surface area contributed by atoms with Gasteiger partial charge >= 0.3 is 6.03 Å². The molecule has 26 heavy (non-hydrogen) atoms. The van der Waals surface area contributed by atoms with Crippen molar-refractivity contribution in [2.45, 2.75) is 44.7 Å². The van der Waals surface area contributed by atoms with Gasteiger partial charge in [-0.05, 0) is 44.0 Å². The Morgan fingerprint density at radius 2 is 2.15 bits per heavy atom. The Kier molecular flexibility index (Phi) is 5.44. The molecule has 1 saturated carbocycles. The van der Waals surface area contributed by atoms with Crippen LogP contribution in [0.1, 0.15) is 38.2 Å². The average molecular weight is 380 g/mol. The van der Waals surface area contributed by atoms with Crippen molar-refractivity contribution in [3.8, 4) is 5.75 Å². The Morgan fingerprint density at radius 1 is 1.38 bits per heavy atom. The molecule has 3 rings (SSSR count). The van der Waals surface area contributed by atoms with Crippen LogP contribution in [-0.2, 0) is 11.3 Å². The lowest BCUT2D eigenvalue weighted by atomic mass is 9.73. The maximum Gasteiger partial charge on any atom is 0.326 e. The lowest BCUT2D eigenvalue weighted by Gasteiger charge is -2.37. The van der Waals surface area contributed by atoms with E-state index in [2.05, 4.69) is 12.2 Å². The molecule has 1 saturated heterocycles. The molecular weight excluding hydrogens is 354 g/mol. The van der Waals surface area contributed by atoms with Crippen LogP contribution >= 0.6 is 11.6 Å². The molecule has 0 radical (unpaired) electrons. The Balaban J connectivity index is 1.71. The highest BCUT2D eigenvalue weighted by Crippen LogP contribution is 2.38. The monoisotopic (exact) mass is 379 g/mol. The van der Waals surface area contributed by atoms with Crippen molar-refractivity contribution in [1.82, 2.24) is 15.1 Å². The van der Waals surface area contributed by atoms with Gasteiger partial charge in [0.1, 0.15) is 11.3 Å². The second kappa shape index (κ2) is 7.45. The van der Waals surface area contributed by atoms with Crippen LogP contribution in [-0.4, -0.2) is 48.1 Å². The van der Waals surface area contributed by atoms with E-state index in [9.17, 15) is 9.59 Å². The third-order valence-corrected chi connectivity index (χ3v) is 5.80. The number of amides is 3.